The quantitative estimate of drug-likeness (QED) is 0.848. The van der Waals surface area contributed by atoms with Crippen LogP contribution in [0.4, 0.5) is 8.78 Å². The maximum absolute atomic E-state index is 14.5. The van der Waals surface area contributed by atoms with Crippen molar-refractivity contribution in [2.75, 3.05) is 0 Å². The van der Waals surface area contributed by atoms with E-state index < -0.39 is 28.9 Å². The summed E-state index contributed by atoms with van der Waals surface area (Å²) in [5, 5.41) is 29.1. The molecule has 0 aromatic heterocycles. The Morgan fingerprint density at radius 2 is 1.88 bits per heavy atom. The summed E-state index contributed by atoms with van der Waals surface area (Å²) in [7, 11) is 0. The summed E-state index contributed by atoms with van der Waals surface area (Å²) < 4.78 is 27.9. The monoisotopic (exact) mass is 336 g/mol. The van der Waals surface area contributed by atoms with Gasteiger partial charge in [0.15, 0.2) is 5.41 Å². The summed E-state index contributed by atoms with van der Waals surface area (Å²) in [5.41, 5.74) is 4.91. The smallest absolute Gasteiger partial charge is 0.191 e. The van der Waals surface area contributed by atoms with Crippen molar-refractivity contribution in [3.05, 3.63) is 58.3 Å². The molecular weight excluding hydrogens is 322 g/mol. The zero-order valence-corrected chi connectivity index (χ0v) is 13.3. The summed E-state index contributed by atoms with van der Waals surface area (Å²) >= 11 is 0. The van der Waals surface area contributed by atoms with Crippen LogP contribution in [-0.4, -0.2) is 0 Å². The zero-order valence-electron chi connectivity index (χ0n) is 13.3. The second kappa shape index (κ2) is 6.04. The van der Waals surface area contributed by atoms with Crippen LogP contribution in [0.5, 0.6) is 0 Å². The number of nitriles is 3. The van der Waals surface area contributed by atoms with Gasteiger partial charge in [-0.25, -0.2) is 8.78 Å². The Morgan fingerprint density at radius 1 is 1.16 bits per heavy atom. The first-order valence-electron chi connectivity index (χ1n) is 7.88. The minimum atomic E-state index is -1.87. The van der Waals surface area contributed by atoms with Crippen molar-refractivity contribution in [3.8, 4) is 18.2 Å². The fourth-order valence-corrected chi connectivity index (χ4v) is 3.97. The van der Waals surface area contributed by atoms with Crippen molar-refractivity contribution >= 4 is 0 Å². The molecule has 3 rings (SSSR count). The fraction of sp³-hybridized carbons (Fsp3) is 0.316. The number of allylic oxidation sites excluding steroid dienone is 4. The molecule has 1 aromatic carbocycles. The van der Waals surface area contributed by atoms with E-state index in [1.807, 2.05) is 24.3 Å². The number of rotatable bonds is 1. The van der Waals surface area contributed by atoms with Gasteiger partial charge in [-0.1, -0.05) is 12.1 Å². The Bertz CT molecular complexity index is 910. The molecule has 2 aliphatic carbocycles. The van der Waals surface area contributed by atoms with Crippen LogP contribution in [-0.2, 0) is 0 Å². The van der Waals surface area contributed by atoms with Crippen LogP contribution in [0.3, 0.4) is 0 Å². The van der Waals surface area contributed by atoms with Gasteiger partial charge in [0, 0.05) is 12.0 Å². The highest BCUT2D eigenvalue weighted by Gasteiger charge is 2.54. The van der Waals surface area contributed by atoms with Crippen molar-refractivity contribution in [1.82, 2.24) is 0 Å². The van der Waals surface area contributed by atoms with Crippen LogP contribution >= 0.6 is 0 Å². The Kier molecular flexibility index (Phi) is 4.03. The van der Waals surface area contributed by atoms with Gasteiger partial charge in [0.05, 0.1) is 23.4 Å². The van der Waals surface area contributed by atoms with Crippen LogP contribution < -0.4 is 5.73 Å². The van der Waals surface area contributed by atoms with Gasteiger partial charge in [-0.3, -0.25) is 0 Å². The Balaban J connectivity index is 2.36. The van der Waals surface area contributed by atoms with Gasteiger partial charge >= 0.3 is 0 Å². The van der Waals surface area contributed by atoms with Crippen LogP contribution in [0, 0.1) is 57.0 Å². The number of benzene rings is 1. The van der Waals surface area contributed by atoms with Gasteiger partial charge in [0.25, 0.3) is 0 Å². The first-order chi connectivity index (χ1) is 12.0. The predicted molar refractivity (Wildman–Crippen MR) is 85.0 cm³/mol. The van der Waals surface area contributed by atoms with Crippen molar-refractivity contribution in [1.29, 1.82) is 15.8 Å². The Morgan fingerprint density at radius 3 is 2.48 bits per heavy atom. The topological polar surface area (TPSA) is 97.4 Å². The minimum Gasteiger partial charge on any atom is -0.399 e. The molecule has 1 aromatic rings. The van der Waals surface area contributed by atoms with E-state index in [1.54, 1.807) is 0 Å². The normalized spacial score (nSPS) is 24.4. The van der Waals surface area contributed by atoms with Crippen molar-refractivity contribution in [2.24, 2.45) is 17.1 Å². The molecule has 124 valence electrons. The molecule has 0 aliphatic heterocycles. The van der Waals surface area contributed by atoms with E-state index in [0.717, 1.165) is 25.0 Å². The maximum Gasteiger partial charge on any atom is 0.191 e. The number of hydrogen-bond acceptors (Lipinski definition) is 4. The highest BCUT2D eigenvalue weighted by molar-refractivity contribution is 5.59. The molecule has 2 aliphatic rings. The molecule has 0 fully saturated rings. The second-order valence-corrected chi connectivity index (χ2v) is 6.27. The van der Waals surface area contributed by atoms with Crippen LogP contribution in [0.25, 0.3) is 0 Å². The number of nitrogens with zero attached hydrogens (tertiary/aromatic N) is 3. The lowest BCUT2D eigenvalue weighted by molar-refractivity contribution is 0.309. The van der Waals surface area contributed by atoms with E-state index in [4.69, 9.17) is 5.73 Å². The Labute approximate surface area is 144 Å². The highest BCUT2D eigenvalue weighted by atomic mass is 19.1. The van der Waals surface area contributed by atoms with E-state index in [0.29, 0.717) is 12.0 Å². The standard InChI is InChI=1S/C19H14F2N4/c20-11-5-6-14(16(21)7-11)17-13-4-2-1-3-12(13)15(8-22)18(25)19(17,9-23)10-24/h3,5-7,13,17H,1-2,4,25H2. The van der Waals surface area contributed by atoms with Crippen LogP contribution in [0.2, 0.25) is 0 Å². The summed E-state index contributed by atoms with van der Waals surface area (Å²) in [4.78, 5) is 0. The lowest BCUT2D eigenvalue weighted by Gasteiger charge is -2.43. The second-order valence-electron chi connectivity index (χ2n) is 6.27. The van der Waals surface area contributed by atoms with E-state index >= 15 is 0 Å². The highest BCUT2D eigenvalue weighted by Crippen LogP contribution is 2.56. The van der Waals surface area contributed by atoms with Gasteiger partial charge in [-0.2, -0.15) is 15.8 Å². The molecule has 0 bridgehead atoms. The van der Waals surface area contributed by atoms with Crippen molar-refractivity contribution in [2.45, 2.75) is 25.2 Å². The third kappa shape index (κ3) is 2.29. The first-order valence-corrected chi connectivity index (χ1v) is 7.88. The lowest BCUT2D eigenvalue weighted by atomic mass is 9.56. The fourth-order valence-electron chi connectivity index (χ4n) is 3.97. The summed E-state index contributed by atoms with van der Waals surface area (Å²) in [6.07, 6.45) is 4.00. The molecule has 4 nitrogen and oxygen atoms in total. The average molecular weight is 336 g/mol. The third-order valence-electron chi connectivity index (χ3n) is 5.10. The first kappa shape index (κ1) is 16.7. The SMILES string of the molecule is N#CC1=C(N)C(C#N)(C#N)C(c2ccc(F)cc2F)C2CCCC=C12. The molecular formula is C19H14F2N4. The zero-order chi connectivity index (χ0) is 18.2. The van der Waals surface area contributed by atoms with E-state index in [2.05, 4.69) is 0 Å². The average Bonchev–Trinajstić information content (AvgIpc) is 2.62. The molecule has 0 saturated heterocycles. The summed E-state index contributed by atoms with van der Waals surface area (Å²) in [5.74, 6) is -2.85. The van der Waals surface area contributed by atoms with Crippen molar-refractivity contribution < 1.29 is 8.78 Å². The van der Waals surface area contributed by atoms with E-state index in [9.17, 15) is 24.6 Å². The largest absolute Gasteiger partial charge is 0.399 e. The maximum atomic E-state index is 14.5. The Hall–Kier alpha value is -3.17. The molecule has 0 amide bonds. The minimum absolute atomic E-state index is 0.0715. The number of fused-ring (bicyclic) bond motifs is 1. The molecule has 0 radical (unpaired) electrons. The summed E-state index contributed by atoms with van der Waals surface area (Å²) in [6.45, 7) is 0. The van der Waals surface area contributed by atoms with E-state index in [1.165, 1.54) is 6.07 Å². The molecule has 2 unspecified atom stereocenters. The van der Waals surface area contributed by atoms with Gasteiger partial charge in [-0.05, 0) is 42.4 Å². The van der Waals surface area contributed by atoms with E-state index in [-0.39, 0.29) is 16.8 Å². The van der Waals surface area contributed by atoms with Crippen molar-refractivity contribution in [3.63, 3.8) is 0 Å². The molecule has 2 N–H and O–H groups in total. The van der Waals surface area contributed by atoms with Crippen LogP contribution in [0.1, 0.15) is 30.7 Å². The van der Waals surface area contributed by atoms with Gasteiger partial charge in [0.1, 0.15) is 17.7 Å². The molecule has 25 heavy (non-hydrogen) atoms. The van der Waals surface area contributed by atoms with Gasteiger partial charge in [0.2, 0.25) is 0 Å². The molecule has 0 heterocycles. The number of halogens is 2. The van der Waals surface area contributed by atoms with Crippen LogP contribution in [0.15, 0.2) is 41.1 Å². The molecule has 2 atom stereocenters. The molecule has 0 saturated carbocycles. The summed E-state index contributed by atoms with van der Waals surface area (Å²) in [6, 6.07) is 8.94. The molecule has 0 spiro atoms. The number of hydrogen-bond donors (Lipinski definition) is 1. The predicted octanol–water partition coefficient (Wildman–Crippen LogP) is 3.56. The number of nitrogens with two attached hydrogens (primary N) is 1. The molecule has 6 heteroatoms. The van der Waals surface area contributed by atoms with Gasteiger partial charge in [-0.15, -0.1) is 0 Å². The third-order valence-corrected chi connectivity index (χ3v) is 5.10. The lowest BCUT2D eigenvalue weighted by Crippen LogP contribution is -2.43. The van der Waals surface area contributed by atoms with Gasteiger partial charge < -0.3 is 5.73 Å².